The first kappa shape index (κ1) is 15.7. The molecule has 0 saturated carbocycles. The zero-order chi connectivity index (χ0) is 15.5. The molecule has 0 radical (unpaired) electrons. The molecule has 1 aromatic rings. The molecule has 1 saturated heterocycles. The summed E-state index contributed by atoms with van der Waals surface area (Å²) in [5.74, 6) is 0.175. The molecule has 0 aromatic carbocycles. The number of carbonyl (C=O) groups excluding carboxylic acids is 1. The first-order chi connectivity index (χ1) is 9.86. The fourth-order valence-electron chi connectivity index (χ4n) is 2.03. The molecule has 116 valence electrons. The van der Waals surface area contributed by atoms with Crippen molar-refractivity contribution >= 4 is 11.7 Å². The lowest BCUT2D eigenvalue weighted by Gasteiger charge is -2.23. The first-order valence-electron chi connectivity index (χ1n) is 7.12. The number of amides is 1. The summed E-state index contributed by atoms with van der Waals surface area (Å²) in [5.41, 5.74) is 6.95. The molecule has 1 aliphatic heterocycles. The zero-order valence-corrected chi connectivity index (χ0v) is 12.8. The van der Waals surface area contributed by atoms with Crippen molar-refractivity contribution in [2.75, 3.05) is 32.1 Å². The number of rotatable bonds is 3. The molecule has 6 nitrogen and oxygen atoms in total. The lowest BCUT2D eigenvalue weighted by molar-refractivity contribution is -0.0855. The number of pyridine rings is 1. The van der Waals surface area contributed by atoms with E-state index in [0.29, 0.717) is 37.7 Å². The van der Waals surface area contributed by atoms with Crippen LogP contribution >= 0.6 is 0 Å². The Morgan fingerprint density at radius 3 is 2.81 bits per heavy atom. The molecule has 1 aliphatic rings. The second-order valence-corrected chi connectivity index (χ2v) is 6.19. The van der Waals surface area contributed by atoms with Gasteiger partial charge in [0.1, 0.15) is 5.82 Å². The third-order valence-corrected chi connectivity index (χ3v) is 3.25. The molecule has 0 aliphatic carbocycles. The Morgan fingerprint density at radius 2 is 2.19 bits per heavy atom. The fraction of sp³-hybridized carbons (Fsp3) is 0.600. The SMILES string of the molecule is CC(C)(C)c1cc(C(=O)NCC2COCCO2)cc(N)n1. The van der Waals surface area contributed by atoms with E-state index in [-0.39, 0.29) is 17.4 Å². The molecule has 0 spiro atoms. The van der Waals surface area contributed by atoms with Gasteiger partial charge in [-0.05, 0) is 12.1 Å². The molecule has 1 fully saturated rings. The van der Waals surface area contributed by atoms with Crippen LogP contribution < -0.4 is 11.1 Å². The molecule has 3 N–H and O–H groups in total. The second kappa shape index (κ2) is 6.41. The van der Waals surface area contributed by atoms with Crippen LogP contribution in [0.5, 0.6) is 0 Å². The van der Waals surface area contributed by atoms with Gasteiger partial charge in [0.05, 0.1) is 25.9 Å². The lowest BCUT2D eigenvalue weighted by Crippen LogP contribution is -2.39. The summed E-state index contributed by atoms with van der Waals surface area (Å²) in [4.78, 5) is 16.5. The van der Waals surface area contributed by atoms with Crippen LogP contribution in [-0.2, 0) is 14.9 Å². The number of nitrogen functional groups attached to an aromatic ring is 1. The van der Waals surface area contributed by atoms with E-state index in [1.807, 2.05) is 20.8 Å². The predicted octanol–water partition coefficient (Wildman–Crippen LogP) is 1.11. The van der Waals surface area contributed by atoms with Gasteiger partial charge in [-0.25, -0.2) is 4.98 Å². The monoisotopic (exact) mass is 293 g/mol. The summed E-state index contributed by atoms with van der Waals surface area (Å²) >= 11 is 0. The van der Waals surface area contributed by atoms with Crippen molar-refractivity contribution in [3.63, 3.8) is 0 Å². The van der Waals surface area contributed by atoms with Crippen LogP contribution in [0.2, 0.25) is 0 Å². The summed E-state index contributed by atoms with van der Waals surface area (Å²) in [6, 6.07) is 3.37. The zero-order valence-electron chi connectivity index (χ0n) is 12.8. The number of carbonyl (C=O) groups is 1. The average Bonchev–Trinajstić information content (AvgIpc) is 2.44. The van der Waals surface area contributed by atoms with E-state index in [1.165, 1.54) is 0 Å². The highest BCUT2D eigenvalue weighted by Crippen LogP contribution is 2.22. The Kier molecular flexibility index (Phi) is 4.80. The Hall–Kier alpha value is -1.66. The van der Waals surface area contributed by atoms with Gasteiger partial charge in [0.25, 0.3) is 5.91 Å². The molecule has 21 heavy (non-hydrogen) atoms. The van der Waals surface area contributed by atoms with Crippen molar-refractivity contribution in [2.45, 2.75) is 32.3 Å². The highest BCUT2D eigenvalue weighted by atomic mass is 16.6. The van der Waals surface area contributed by atoms with Gasteiger partial charge < -0.3 is 20.5 Å². The number of hydrogen-bond acceptors (Lipinski definition) is 5. The summed E-state index contributed by atoms with van der Waals surface area (Å²) in [6.07, 6.45) is -0.0935. The topological polar surface area (TPSA) is 86.5 Å². The van der Waals surface area contributed by atoms with Crippen LogP contribution in [0.3, 0.4) is 0 Å². The van der Waals surface area contributed by atoms with Gasteiger partial charge in [0.2, 0.25) is 0 Å². The van der Waals surface area contributed by atoms with Gasteiger partial charge >= 0.3 is 0 Å². The van der Waals surface area contributed by atoms with E-state index >= 15 is 0 Å². The number of ether oxygens (including phenoxy) is 2. The van der Waals surface area contributed by atoms with E-state index in [4.69, 9.17) is 15.2 Å². The summed E-state index contributed by atoms with van der Waals surface area (Å²) in [6.45, 7) is 8.20. The van der Waals surface area contributed by atoms with Crippen LogP contribution in [-0.4, -0.2) is 43.4 Å². The number of aromatic nitrogens is 1. The van der Waals surface area contributed by atoms with Crippen LogP contribution in [0.1, 0.15) is 36.8 Å². The fourth-order valence-corrected chi connectivity index (χ4v) is 2.03. The van der Waals surface area contributed by atoms with Crippen molar-refractivity contribution in [3.05, 3.63) is 23.4 Å². The van der Waals surface area contributed by atoms with Crippen LogP contribution in [0.4, 0.5) is 5.82 Å². The molecule has 1 unspecified atom stereocenters. The van der Waals surface area contributed by atoms with E-state index < -0.39 is 0 Å². The largest absolute Gasteiger partial charge is 0.384 e. The highest BCUT2D eigenvalue weighted by molar-refractivity contribution is 5.95. The molecular formula is C15H23N3O3. The van der Waals surface area contributed by atoms with E-state index in [1.54, 1.807) is 12.1 Å². The van der Waals surface area contributed by atoms with Crippen molar-refractivity contribution in [2.24, 2.45) is 0 Å². The average molecular weight is 293 g/mol. The second-order valence-electron chi connectivity index (χ2n) is 6.19. The minimum atomic E-state index is -0.177. The van der Waals surface area contributed by atoms with E-state index in [2.05, 4.69) is 10.3 Å². The minimum absolute atomic E-state index is 0.0935. The molecule has 1 aromatic heterocycles. The molecular weight excluding hydrogens is 270 g/mol. The molecule has 6 heteroatoms. The Bertz CT molecular complexity index is 505. The van der Waals surface area contributed by atoms with Crippen molar-refractivity contribution in [1.29, 1.82) is 0 Å². The maximum atomic E-state index is 12.2. The van der Waals surface area contributed by atoms with E-state index in [0.717, 1.165) is 5.69 Å². The van der Waals surface area contributed by atoms with Crippen LogP contribution in [0.15, 0.2) is 12.1 Å². The van der Waals surface area contributed by atoms with Crippen LogP contribution in [0, 0.1) is 0 Å². The Labute approximate surface area is 125 Å². The van der Waals surface area contributed by atoms with Gasteiger partial charge in [0.15, 0.2) is 0 Å². The lowest BCUT2D eigenvalue weighted by atomic mass is 9.90. The van der Waals surface area contributed by atoms with Gasteiger partial charge in [-0.15, -0.1) is 0 Å². The summed E-state index contributed by atoms with van der Waals surface area (Å²) < 4.78 is 10.8. The van der Waals surface area contributed by atoms with E-state index in [9.17, 15) is 4.79 Å². The number of nitrogens with two attached hydrogens (primary N) is 1. The summed E-state index contributed by atoms with van der Waals surface area (Å²) in [7, 11) is 0. The highest BCUT2D eigenvalue weighted by Gasteiger charge is 2.20. The molecule has 2 heterocycles. The smallest absolute Gasteiger partial charge is 0.251 e. The third kappa shape index (κ3) is 4.41. The predicted molar refractivity (Wildman–Crippen MR) is 80.2 cm³/mol. The number of hydrogen-bond donors (Lipinski definition) is 2. The Balaban J connectivity index is 2.03. The molecule has 0 bridgehead atoms. The van der Waals surface area contributed by atoms with Crippen LogP contribution in [0.25, 0.3) is 0 Å². The third-order valence-electron chi connectivity index (χ3n) is 3.25. The van der Waals surface area contributed by atoms with Gasteiger partial charge in [-0.3, -0.25) is 4.79 Å². The first-order valence-corrected chi connectivity index (χ1v) is 7.12. The van der Waals surface area contributed by atoms with Gasteiger partial charge in [-0.2, -0.15) is 0 Å². The quantitative estimate of drug-likeness (QED) is 0.871. The normalized spacial score (nSPS) is 19.3. The minimum Gasteiger partial charge on any atom is -0.384 e. The van der Waals surface area contributed by atoms with Gasteiger partial charge in [0, 0.05) is 23.2 Å². The molecule has 1 atom stereocenters. The number of anilines is 1. The molecule has 1 amide bonds. The Morgan fingerprint density at radius 1 is 1.43 bits per heavy atom. The van der Waals surface area contributed by atoms with Crippen molar-refractivity contribution in [3.8, 4) is 0 Å². The maximum absolute atomic E-state index is 12.2. The van der Waals surface area contributed by atoms with Gasteiger partial charge in [-0.1, -0.05) is 20.8 Å². The van der Waals surface area contributed by atoms with Crippen molar-refractivity contribution < 1.29 is 14.3 Å². The van der Waals surface area contributed by atoms with Crippen molar-refractivity contribution in [1.82, 2.24) is 10.3 Å². The summed E-state index contributed by atoms with van der Waals surface area (Å²) in [5, 5.41) is 2.85. The molecule has 2 rings (SSSR count). The number of nitrogens with one attached hydrogen (secondary N) is 1. The number of nitrogens with zero attached hydrogens (tertiary/aromatic N) is 1. The standard InChI is InChI=1S/C15H23N3O3/c1-15(2,3)12-6-10(7-13(16)18-12)14(19)17-8-11-9-20-4-5-21-11/h6-7,11H,4-5,8-9H2,1-3H3,(H2,16,18)(H,17,19). The maximum Gasteiger partial charge on any atom is 0.251 e.